The molecule has 2 nitrogen and oxygen atoms in total. The van der Waals surface area contributed by atoms with E-state index < -0.39 is 0 Å². The molecule has 1 heterocycles. The second-order valence-corrected chi connectivity index (χ2v) is 3.17. The molecule has 0 unspecified atom stereocenters. The van der Waals surface area contributed by atoms with Gasteiger partial charge in [0.1, 0.15) is 0 Å². The Labute approximate surface area is 68.9 Å². The summed E-state index contributed by atoms with van der Waals surface area (Å²) in [5.74, 6) is 0. The fourth-order valence-electron chi connectivity index (χ4n) is 1.24. The fraction of sp³-hybridized carbons (Fsp3) is 1.00. The molecule has 0 aromatic rings. The van der Waals surface area contributed by atoms with Crippen LogP contribution in [0, 0.1) is 0 Å². The number of rotatable bonds is 3. The molecule has 1 aliphatic rings. The van der Waals surface area contributed by atoms with E-state index in [0.717, 1.165) is 32.5 Å². The Kier molecular flexibility index (Phi) is 3.87. The van der Waals surface area contributed by atoms with E-state index in [1.165, 1.54) is 0 Å². The average molecular weight is 158 g/mol. The predicted molar refractivity (Wildman–Crippen MR) is 44.7 cm³/mol. The largest absolute Gasteiger partial charge is 0.381 e. The smallest absolute Gasteiger partial charge is 0.0622 e. The van der Waals surface area contributed by atoms with E-state index in [1.807, 2.05) is 0 Å². The molecule has 0 N–H and O–H groups in total. The van der Waals surface area contributed by atoms with E-state index in [1.54, 1.807) is 0 Å². The van der Waals surface area contributed by atoms with Gasteiger partial charge in [-0.2, -0.15) is 0 Å². The first-order chi connectivity index (χ1) is 5.33. The predicted octanol–water partition coefficient (Wildman–Crippen LogP) is 1.98. The molecule has 1 rings (SSSR count). The normalized spacial score (nSPS) is 23.5. The molecule has 11 heavy (non-hydrogen) atoms. The van der Waals surface area contributed by atoms with Gasteiger partial charge >= 0.3 is 0 Å². The molecule has 0 radical (unpaired) electrons. The van der Waals surface area contributed by atoms with Gasteiger partial charge in [-0.05, 0) is 26.2 Å². The van der Waals surface area contributed by atoms with Crippen LogP contribution in [0.15, 0.2) is 0 Å². The molecular formula is C9H18O2. The second kappa shape index (κ2) is 4.73. The van der Waals surface area contributed by atoms with Crippen molar-refractivity contribution in [2.75, 3.05) is 13.2 Å². The highest BCUT2D eigenvalue weighted by Crippen LogP contribution is 2.13. The lowest BCUT2D eigenvalue weighted by Crippen LogP contribution is -2.26. The van der Waals surface area contributed by atoms with Crippen LogP contribution in [-0.2, 0) is 9.47 Å². The molecular weight excluding hydrogens is 140 g/mol. The summed E-state index contributed by atoms with van der Waals surface area (Å²) in [5, 5.41) is 0. The zero-order chi connectivity index (χ0) is 8.10. The lowest BCUT2D eigenvalue weighted by Gasteiger charge is -2.25. The molecule has 2 heteroatoms. The highest BCUT2D eigenvalue weighted by atomic mass is 16.5. The van der Waals surface area contributed by atoms with Crippen LogP contribution in [0.3, 0.4) is 0 Å². The molecule has 0 aliphatic carbocycles. The van der Waals surface area contributed by atoms with Crippen LogP contribution >= 0.6 is 0 Å². The molecule has 1 fully saturated rings. The van der Waals surface area contributed by atoms with E-state index >= 15 is 0 Å². The number of hydrogen-bond acceptors (Lipinski definition) is 2. The molecule has 1 atom stereocenters. The molecule has 0 bridgehead atoms. The lowest BCUT2D eigenvalue weighted by atomic mass is 10.1. The Bertz CT molecular complexity index is 97.7. The van der Waals surface area contributed by atoms with Crippen LogP contribution in [-0.4, -0.2) is 25.4 Å². The summed E-state index contributed by atoms with van der Waals surface area (Å²) in [4.78, 5) is 0. The van der Waals surface area contributed by atoms with Crippen LogP contribution in [0.2, 0.25) is 0 Å². The molecule has 0 aromatic heterocycles. The number of hydrogen-bond donors (Lipinski definition) is 0. The lowest BCUT2D eigenvalue weighted by molar-refractivity contribution is -0.0629. The first kappa shape index (κ1) is 9.01. The maximum Gasteiger partial charge on any atom is 0.0622 e. The van der Waals surface area contributed by atoms with Gasteiger partial charge in [-0.25, -0.2) is 0 Å². The van der Waals surface area contributed by atoms with E-state index in [4.69, 9.17) is 9.47 Å². The van der Waals surface area contributed by atoms with Gasteiger partial charge in [-0.3, -0.25) is 0 Å². The molecule has 1 aliphatic heterocycles. The van der Waals surface area contributed by atoms with Crippen LogP contribution in [0.4, 0.5) is 0 Å². The molecule has 0 spiro atoms. The van der Waals surface area contributed by atoms with Gasteiger partial charge in [0.2, 0.25) is 0 Å². The summed E-state index contributed by atoms with van der Waals surface area (Å²) in [6.07, 6.45) is 4.13. The summed E-state index contributed by atoms with van der Waals surface area (Å²) in [6, 6.07) is 0. The first-order valence-corrected chi connectivity index (χ1v) is 4.56. The van der Waals surface area contributed by atoms with Crippen molar-refractivity contribution < 1.29 is 9.47 Å². The zero-order valence-corrected chi connectivity index (χ0v) is 7.51. The summed E-state index contributed by atoms with van der Waals surface area (Å²) >= 11 is 0. The van der Waals surface area contributed by atoms with E-state index in [0.29, 0.717) is 12.2 Å². The minimum absolute atomic E-state index is 0.415. The van der Waals surface area contributed by atoms with Crippen molar-refractivity contribution in [3.8, 4) is 0 Å². The Morgan fingerprint density at radius 3 is 2.64 bits per heavy atom. The molecule has 0 aromatic carbocycles. The van der Waals surface area contributed by atoms with E-state index in [9.17, 15) is 0 Å². The third-order valence-corrected chi connectivity index (χ3v) is 2.17. The highest BCUT2D eigenvalue weighted by molar-refractivity contribution is 4.63. The standard InChI is InChI=1S/C9H18O2/c1-3-8(2)11-9-4-6-10-7-5-9/h8-9H,3-7H2,1-2H3/t8-/m0/s1. The van der Waals surface area contributed by atoms with Crippen molar-refractivity contribution in [2.24, 2.45) is 0 Å². The quantitative estimate of drug-likeness (QED) is 0.625. The van der Waals surface area contributed by atoms with Crippen LogP contribution < -0.4 is 0 Å². The van der Waals surface area contributed by atoms with Crippen LogP contribution in [0.25, 0.3) is 0 Å². The first-order valence-electron chi connectivity index (χ1n) is 4.56. The Morgan fingerprint density at radius 1 is 1.45 bits per heavy atom. The van der Waals surface area contributed by atoms with E-state index in [2.05, 4.69) is 13.8 Å². The summed E-state index contributed by atoms with van der Waals surface area (Å²) < 4.78 is 11.0. The maximum atomic E-state index is 5.76. The Balaban J connectivity index is 2.13. The van der Waals surface area contributed by atoms with Crippen molar-refractivity contribution >= 4 is 0 Å². The van der Waals surface area contributed by atoms with Gasteiger partial charge in [-0.15, -0.1) is 0 Å². The topological polar surface area (TPSA) is 18.5 Å². The van der Waals surface area contributed by atoms with Gasteiger partial charge in [0, 0.05) is 13.2 Å². The van der Waals surface area contributed by atoms with Gasteiger partial charge in [0.25, 0.3) is 0 Å². The van der Waals surface area contributed by atoms with Crippen molar-refractivity contribution in [1.82, 2.24) is 0 Å². The Morgan fingerprint density at radius 2 is 2.09 bits per heavy atom. The Hall–Kier alpha value is -0.0800. The monoisotopic (exact) mass is 158 g/mol. The minimum Gasteiger partial charge on any atom is -0.381 e. The second-order valence-electron chi connectivity index (χ2n) is 3.17. The third-order valence-electron chi connectivity index (χ3n) is 2.17. The van der Waals surface area contributed by atoms with Crippen molar-refractivity contribution in [2.45, 2.75) is 45.3 Å². The van der Waals surface area contributed by atoms with Crippen molar-refractivity contribution in [3.05, 3.63) is 0 Å². The average Bonchev–Trinajstić information content (AvgIpc) is 2.06. The van der Waals surface area contributed by atoms with Gasteiger partial charge in [0.15, 0.2) is 0 Å². The summed E-state index contributed by atoms with van der Waals surface area (Å²) in [7, 11) is 0. The fourth-order valence-corrected chi connectivity index (χ4v) is 1.24. The van der Waals surface area contributed by atoms with Crippen molar-refractivity contribution in [3.63, 3.8) is 0 Å². The molecule has 66 valence electrons. The van der Waals surface area contributed by atoms with Crippen molar-refractivity contribution in [1.29, 1.82) is 0 Å². The minimum atomic E-state index is 0.415. The van der Waals surface area contributed by atoms with E-state index in [-0.39, 0.29) is 0 Å². The van der Waals surface area contributed by atoms with Gasteiger partial charge in [0.05, 0.1) is 12.2 Å². The summed E-state index contributed by atoms with van der Waals surface area (Å²) in [5.41, 5.74) is 0. The zero-order valence-electron chi connectivity index (χ0n) is 7.51. The SMILES string of the molecule is CC[C@H](C)OC1CCOCC1. The van der Waals surface area contributed by atoms with Crippen LogP contribution in [0.1, 0.15) is 33.1 Å². The van der Waals surface area contributed by atoms with Crippen LogP contribution in [0.5, 0.6) is 0 Å². The highest BCUT2D eigenvalue weighted by Gasteiger charge is 2.15. The number of ether oxygens (including phenoxy) is 2. The summed E-state index contributed by atoms with van der Waals surface area (Å²) in [6.45, 7) is 6.04. The molecule has 0 amide bonds. The molecule has 0 saturated carbocycles. The molecule has 1 saturated heterocycles. The maximum absolute atomic E-state index is 5.76. The third kappa shape index (κ3) is 3.21. The van der Waals surface area contributed by atoms with Gasteiger partial charge < -0.3 is 9.47 Å². The van der Waals surface area contributed by atoms with Gasteiger partial charge in [-0.1, -0.05) is 6.92 Å².